The van der Waals surface area contributed by atoms with E-state index in [1.165, 1.54) is 32.1 Å². The topological polar surface area (TPSA) is 321 Å². The molecule has 17 nitrogen and oxygen atoms in total. The number of nitrogens with zero attached hydrogens (tertiary/aromatic N) is 2. The van der Waals surface area contributed by atoms with Crippen molar-refractivity contribution in [3.05, 3.63) is 0 Å². The van der Waals surface area contributed by atoms with Crippen LogP contribution in [0.5, 0.6) is 0 Å². The second-order valence-corrected chi connectivity index (χ2v) is 11.6. The van der Waals surface area contributed by atoms with Gasteiger partial charge in [0.15, 0.2) is 17.9 Å². The second-order valence-electron chi connectivity index (χ2n) is 11.6. The number of unbranched alkanes of at least 4 members (excludes halogenated alkanes) is 8. The summed E-state index contributed by atoms with van der Waals surface area (Å²) in [5, 5.41) is 18.1. The van der Waals surface area contributed by atoms with Gasteiger partial charge in [0.1, 0.15) is 18.1 Å². The van der Waals surface area contributed by atoms with Crippen LogP contribution in [0.3, 0.4) is 0 Å². The highest BCUT2D eigenvalue weighted by Gasteiger charge is 2.28. The zero-order valence-electron chi connectivity index (χ0n) is 28.2. The average Bonchev–Trinajstić information content (AvgIpc) is 3.00. The first-order chi connectivity index (χ1) is 22.4. The van der Waals surface area contributed by atoms with Crippen molar-refractivity contribution in [1.82, 2.24) is 21.3 Å². The summed E-state index contributed by atoms with van der Waals surface area (Å²) >= 11 is 0. The molecule has 0 aromatic rings. The molecular weight excluding hydrogens is 606 g/mol. The lowest BCUT2D eigenvalue weighted by atomic mass is 10.0. The lowest BCUT2D eigenvalue weighted by Gasteiger charge is -2.25. The van der Waals surface area contributed by atoms with Crippen LogP contribution in [0, 0.1) is 5.41 Å². The SMILES string of the molecule is CCCCCCCCCCCC(=O)N[C@@H](CCCN=C(N)N)C(=O)N[C@@H](CCCNC(=N)N)C(=O)N[C@@H](CCCN=C(N)N)C(N)=O. The quantitative estimate of drug-likeness (QED) is 0.0281. The summed E-state index contributed by atoms with van der Waals surface area (Å²) in [6, 6.07) is -3.06. The number of primary amides is 1. The van der Waals surface area contributed by atoms with Crippen LogP contribution in [-0.4, -0.2) is 79.3 Å². The summed E-state index contributed by atoms with van der Waals surface area (Å²) < 4.78 is 0. The van der Waals surface area contributed by atoms with Gasteiger partial charge in [0, 0.05) is 26.1 Å². The molecule has 47 heavy (non-hydrogen) atoms. The molecule has 17 N–H and O–H groups in total. The van der Waals surface area contributed by atoms with Crippen molar-refractivity contribution in [3.8, 4) is 0 Å². The predicted molar refractivity (Wildman–Crippen MR) is 186 cm³/mol. The Labute approximate surface area is 279 Å². The number of amides is 4. The number of guanidine groups is 3. The molecule has 0 radical (unpaired) electrons. The van der Waals surface area contributed by atoms with E-state index in [1.807, 2.05) is 0 Å². The van der Waals surface area contributed by atoms with Crippen molar-refractivity contribution in [2.75, 3.05) is 19.6 Å². The minimum atomic E-state index is -1.08. The van der Waals surface area contributed by atoms with Crippen LogP contribution >= 0.6 is 0 Å². The minimum Gasteiger partial charge on any atom is -0.370 e. The van der Waals surface area contributed by atoms with Crippen LogP contribution in [-0.2, 0) is 19.2 Å². The monoisotopic (exact) mass is 667 g/mol. The zero-order chi connectivity index (χ0) is 35.5. The van der Waals surface area contributed by atoms with E-state index in [-0.39, 0.29) is 69.1 Å². The van der Waals surface area contributed by atoms with Crippen LogP contribution in [0.1, 0.15) is 110 Å². The molecule has 0 saturated carbocycles. The number of carbonyl (C=O) groups is 4. The minimum absolute atomic E-state index is 0.0846. The van der Waals surface area contributed by atoms with Crippen molar-refractivity contribution in [1.29, 1.82) is 5.41 Å². The molecule has 0 spiro atoms. The van der Waals surface area contributed by atoms with Crippen molar-refractivity contribution in [2.24, 2.45) is 44.4 Å². The van der Waals surface area contributed by atoms with E-state index < -0.39 is 35.8 Å². The first-order valence-corrected chi connectivity index (χ1v) is 16.7. The Morgan fingerprint density at radius 3 is 1.53 bits per heavy atom. The molecule has 0 bridgehead atoms. The standard InChI is InChI=1S/C30H61N13O4/c1-2-3-4-5-6-7-8-9-10-17-24(44)41-22(15-12-19-39-29(34)35)26(46)43-23(16-13-20-40-30(36)37)27(47)42-21(25(31)45)14-11-18-38-28(32)33/h21-23H,2-20H2,1H3,(H2,31,45)(H,41,44)(H,42,47)(H,43,46)(H4,32,33,38)(H4,34,35,39)(H4,36,37,40)/t21-,22-,23-/m0/s1. The molecule has 0 aliphatic rings. The zero-order valence-corrected chi connectivity index (χ0v) is 28.2. The maximum absolute atomic E-state index is 13.5. The molecule has 0 heterocycles. The number of rotatable bonds is 28. The average molecular weight is 668 g/mol. The molecule has 0 saturated heterocycles. The number of nitrogens with two attached hydrogens (primary N) is 6. The summed E-state index contributed by atoms with van der Waals surface area (Å²) in [6.45, 7) is 2.95. The van der Waals surface area contributed by atoms with Gasteiger partial charge < -0.3 is 55.7 Å². The van der Waals surface area contributed by atoms with Crippen molar-refractivity contribution >= 4 is 41.5 Å². The van der Waals surface area contributed by atoms with Crippen molar-refractivity contribution in [3.63, 3.8) is 0 Å². The molecule has 270 valence electrons. The summed E-state index contributed by atoms with van der Waals surface area (Å²) in [7, 11) is 0. The molecule has 17 heteroatoms. The molecule has 0 aliphatic carbocycles. The van der Waals surface area contributed by atoms with Crippen molar-refractivity contribution < 1.29 is 19.2 Å². The lowest BCUT2D eigenvalue weighted by molar-refractivity contribution is -0.133. The Morgan fingerprint density at radius 1 is 0.596 bits per heavy atom. The Kier molecular flexibility index (Phi) is 24.4. The Bertz CT molecular complexity index is 998. The molecule has 0 aliphatic heterocycles. The van der Waals surface area contributed by atoms with Gasteiger partial charge in [-0.1, -0.05) is 58.3 Å². The van der Waals surface area contributed by atoms with Crippen molar-refractivity contribution in [2.45, 2.75) is 128 Å². The third-order valence-corrected chi connectivity index (χ3v) is 7.33. The highest BCUT2D eigenvalue weighted by atomic mass is 16.2. The number of carbonyl (C=O) groups excluding carboxylic acids is 4. The van der Waals surface area contributed by atoms with Crippen LogP contribution in [0.4, 0.5) is 0 Å². The van der Waals surface area contributed by atoms with Crippen LogP contribution in [0.15, 0.2) is 9.98 Å². The van der Waals surface area contributed by atoms with E-state index in [9.17, 15) is 19.2 Å². The van der Waals surface area contributed by atoms with E-state index >= 15 is 0 Å². The van der Waals surface area contributed by atoms with E-state index in [0.29, 0.717) is 25.7 Å². The number of hydrogen-bond acceptors (Lipinski definition) is 7. The highest BCUT2D eigenvalue weighted by Crippen LogP contribution is 2.11. The molecular formula is C30H61N13O4. The van der Waals surface area contributed by atoms with E-state index in [4.69, 9.17) is 39.8 Å². The Hall–Kier alpha value is -4.31. The second kappa shape index (κ2) is 26.9. The normalized spacial score (nSPS) is 12.5. The fourth-order valence-corrected chi connectivity index (χ4v) is 4.77. The van der Waals surface area contributed by atoms with E-state index in [1.54, 1.807) is 0 Å². The summed E-state index contributed by atoms with van der Waals surface area (Å²) in [5.74, 6) is -2.65. The van der Waals surface area contributed by atoms with Gasteiger partial charge >= 0.3 is 0 Å². The van der Waals surface area contributed by atoms with Gasteiger partial charge in [-0.25, -0.2) is 0 Å². The van der Waals surface area contributed by atoms with Crippen LogP contribution in [0.2, 0.25) is 0 Å². The first kappa shape index (κ1) is 42.7. The Morgan fingerprint density at radius 2 is 1.04 bits per heavy atom. The van der Waals surface area contributed by atoms with Gasteiger partial charge in [-0.05, 0) is 44.9 Å². The summed E-state index contributed by atoms with van der Waals surface area (Å²) in [4.78, 5) is 59.5. The molecule has 0 fully saturated rings. The fraction of sp³-hybridized carbons (Fsp3) is 0.767. The summed E-state index contributed by atoms with van der Waals surface area (Å²) in [6.07, 6.45) is 11.9. The number of nitrogens with one attached hydrogen (secondary N) is 5. The maximum Gasteiger partial charge on any atom is 0.243 e. The number of aliphatic imine (C=N–C) groups is 2. The maximum atomic E-state index is 13.5. The van der Waals surface area contributed by atoms with Crippen LogP contribution in [0.25, 0.3) is 0 Å². The van der Waals surface area contributed by atoms with Gasteiger partial charge in [-0.2, -0.15) is 0 Å². The third-order valence-electron chi connectivity index (χ3n) is 7.33. The third kappa shape index (κ3) is 24.6. The van der Waals surface area contributed by atoms with Gasteiger partial charge in [0.25, 0.3) is 0 Å². The molecule has 0 unspecified atom stereocenters. The molecule has 0 rings (SSSR count). The van der Waals surface area contributed by atoms with Gasteiger partial charge in [0.05, 0.1) is 0 Å². The molecule has 0 aromatic heterocycles. The largest absolute Gasteiger partial charge is 0.370 e. The van der Waals surface area contributed by atoms with E-state index in [2.05, 4.69) is 38.2 Å². The smallest absolute Gasteiger partial charge is 0.243 e. The molecule has 0 aromatic carbocycles. The predicted octanol–water partition coefficient (Wildman–Crippen LogP) is -0.783. The van der Waals surface area contributed by atoms with Gasteiger partial charge in [-0.15, -0.1) is 0 Å². The van der Waals surface area contributed by atoms with Gasteiger partial charge in [-0.3, -0.25) is 34.6 Å². The Balaban J connectivity index is 5.45. The van der Waals surface area contributed by atoms with Crippen LogP contribution < -0.4 is 55.7 Å². The lowest BCUT2D eigenvalue weighted by Crippen LogP contribution is -2.56. The highest BCUT2D eigenvalue weighted by molar-refractivity contribution is 5.94. The van der Waals surface area contributed by atoms with Gasteiger partial charge in [0.2, 0.25) is 23.6 Å². The molecule has 4 amide bonds. The first-order valence-electron chi connectivity index (χ1n) is 16.7. The fourth-order valence-electron chi connectivity index (χ4n) is 4.77. The van der Waals surface area contributed by atoms with E-state index in [0.717, 1.165) is 19.3 Å². The summed E-state index contributed by atoms with van der Waals surface area (Å²) in [5.41, 5.74) is 32.4. The molecule has 3 atom stereocenters. The number of hydrogen-bond donors (Lipinski definition) is 11.